The summed E-state index contributed by atoms with van der Waals surface area (Å²) >= 11 is 6.30. The maximum atomic E-state index is 8.99. The zero-order valence-corrected chi connectivity index (χ0v) is 13.9. The highest BCUT2D eigenvalue weighted by Crippen LogP contribution is 2.28. The summed E-state index contributed by atoms with van der Waals surface area (Å²) in [6.07, 6.45) is 2.44. The van der Waals surface area contributed by atoms with Gasteiger partial charge in [0, 0.05) is 24.2 Å². The molecule has 0 aromatic heterocycles. The topological polar surface area (TPSA) is 26.7 Å². The molecule has 0 bridgehead atoms. The molecule has 4 heteroatoms. The first-order valence-corrected chi connectivity index (χ1v) is 8.27. The molecule has 0 radical (unpaired) electrons. The maximum Gasteiger partial charge on any atom is 0.0558 e. The van der Waals surface area contributed by atoms with Crippen LogP contribution in [-0.2, 0) is 0 Å². The van der Waals surface area contributed by atoms with Gasteiger partial charge in [-0.05, 0) is 57.5 Å². The molecule has 21 heavy (non-hydrogen) atoms. The van der Waals surface area contributed by atoms with Gasteiger partial charge < -0.3 is 10.0 Å². The van der Waals surface area contributed by atoms with E-state index in [0.29, 0.717) is 6.04 Å². The summed E-state index contributed by atoms with van der Waals surface area (Å²) in [6, 6.07) is 8.46. The minimum atomic E-state index is 0.272. The molecule has 1 atom stereocenters. The molecule has 3 nitrogen and oxygen atoms in total. The Morgan fingerprint density at radius 2 is 2.00 bits per heavy atom. The third-order valence-corrected chi connectivity index (χ3v) is 5.03. The first kappa shape index (κ1) is 16.8. The summed E-state index contributed by atoms with van der Waals surface area (Å²) in [7, 11) is 2.19. The molecular formula is C17H27ClN2O. The molecule has 0 unspecified atom stereocenters. The van der Waals surface area contributed by atoms with E-state index in [9.17, 15) is 0 Å². The van der Waals surface area contributed by atoms with E-state index in [1.807, 2.05) is 12.1 Å². The molecule has 1 aromatic carbocycles. The fourth-order valence-electron chi connectivity index (χ4n) is 3.15. The Bertz CT molecular complexity index is 433. The molecule has 0 amide bonds. The lowest BCUT2D eigenvalue weighted by molar-refractivity contribution is 0.121. The fourth-order valence-corrected chi connectivity index (χ4v) is 3.44. The Kier molecular flexibility index (Phi) is 6.49. The van der Waals surface area contributed by atoms with Crippen molar-refractivity contribution in [2.45, 2.75) is 25.8 Å². The van der Waals surface area contributed by atoms with Crippen molar-refractivity contribution in [2.24, 2.45) is 5.92 Å². The first-order valence-electron chi connectivity index (χ1n) is 7.89. The van der Waals surface area contributed by atoms with Crippen molar-refractivity contribution in [1.29, 1.82) is 0 Å². The van der Waals surface area contributed by atoms with Crippen LogP contribution in [0.3, 0.4) is 0 Å². The van der Waals surface area contributed by atoms with Crippen molar-refractivity contribution >= 4 is 11.6 Å². The number of benzene rings is 1. The Labute approximate surface area is 133 Å². The molecule has 1 N–H and O–H groups in total. The zero-order chi connectivity index (χ0) is 15.2. The second kappa shape index (κ2) is 8.14. The van der Waals surface area contributed by atoms with E-state index in [0.717, 1.165) is 37.1 Å². The van der Waals surface area contributed by atoms with Crippen LogP contribution < -0.4 is 0 Å². The van der Waals surface area contributed by atoms with Gasteiger partial charge in [0.2, 0.25) is 0 Å². The van der Waals surface area contributed by atoms with Crippen LogP contribution in [0.1, 0.15) is 31.4 Å². The minimum absolute atomic E-state index is 0.272. The minimum Gasteiger partial charge on any atom is -0.395 e. The lowest BCUT2D eigenvalue weighted by Crippen LogP contribution is -2.39. The van der Waals surface area contributed by atoms with Crippen LogP contribution >= 0.6 is 11.6 Å². The number of likely N-dealkylation sites (tertiary alicyclic amines) is 1. The average Bonchev–Trinajstić information content (AvgIpc) is 2.49. The van der Waals surface area contributed by atoms with Gasteiger partial charge >= 0.3 is 0 Å². The molecule has 1 heterocycles. The van der Waals surface area contributed by atoms with E-state index in [1.165, 1.54) is 18.4 Å². The maximum absolute atomic E-state index is 8.99. The number of hydrogen-bond donors (Lipinski definition) is 1. The van der Waals surface area contributed by atoms with E-state index in [1.54, 1.807) is 0 Å². The van der Waals surface area contributed by atoms with Crippen molar-refractivity contribution < 1.29 is 5.11 Å². The third kappa shape index (κ3) is 4.68. The number of piperidine rings is 1. The van der Waals surface area contributed by atoms with Crippen molar-refractivity contribution in [3.8, 4) is 0 Å². The third-order valence-electron chi connectivity index (χ3n) is 4.69. The number of hydrogen-bond acceptors (Lipinski definition) is 3. The van der Waals surface area contributed by atoms with Crippen LogP contribution in [0.2, 0.25) is 5.02 Å². The normalized spacial score (nSPS) is 19.1. The van der Waals surface area contributed by atoms with E-state index < -0.39 is 0 Å². The molecule has 1 aromatic rings. The Morgan fingerprint density at radius 3 is 2.62 bits per heavy atom. The van der Waals surface area contributed by atoms with Crippen LogP contribution in [-0.4, -0.2) is 54.7 Å². The van der Waals surface area contributed by atoms with E-state index >= 15 is 0 Å². The van der Waals surface area contributed by atoms with Gasteiger partial charge in [-0.1, -0.05) is 29.8 Å². The molecule has 1 aliphatic heterocycles. The molecule has 1 fully saturated rings. The average molecular weight is 311 g/mol. The highest BCUT2D eigenvalue weighted by molar-refractivity contribution is 6.31. The first-order chi connectivity index (χ1) is 10.1. The Morgan fingerprint density at radius 1 is 1.33 bits per heavy atom. The number of rotatable bonds is 6. The molecule has 0 aliphatic carbocycles. The monoisotopic (exact) mass is 310 g/mol. The largest absolute Gasteiger partial charge is 0.395 e. The molecule has 118 valence electrons. The SMILES string of the molecule is C[C@@H](c1ccccc1Cl)N(C)CC1CCN(CCO)CC1. The lowest BCUT2D eigenvalue weighted by Gasteiger charge is -2.35. The number of halogens is 1. The molecule has 0 spiro atoms. The van der Waals surface area contributed by atoms with Gasteiger partial charge in [0.15, 0.2) is 0 Å². The van der Waals surface area contributed by atoms with Gasteiger partial charge in [-0.3, -0.25) is 4.90 Å². The Balaban J connectivity index is 1.85. The quantitative estimate of drug-likeness (QED) is 0.875. The van der Waals surface area contributed by atoms with E-state index in [2.05, 4.69) is 35.9 Å². The summed E-state index contributed by atoms with van der Waals surface area (Å²) in [5.41, 5.74) is 1.21. The molecule has 1 aliphatic rings. The number of aliphatic hydroxyl groups is 1. The van der Waals surface area contributed by atoms with Crippen molar-refractivity contribution in [1.82, 2.24) is 9.80 Å². The molecule has 2 rings (SSSR count). The fraction of sp³-hybridized carbons (Fsp3) is 0.647. The Hall–Kier alpha value is -0.610. The van der Waals surface area contributed by atoms with Crippen LogP contribution in [0.4, 0.5) is 0 Å². The van der Waals surface area contributed by atoms with Crippen molar-refractivity contribution in [3.05, 3.63) is 34.9 Å². The highest BCUT2D eigenvalue weighted by Gasteiger charge is 2.22. The van der Waals surface area contributed by atoms with Crippen LogP contribution in [0, 0.1) is 5.92 Å². The van der Waals surface area contributed by atoms with Gasteiger partial charge in [-0.2, -0.15) is 0 Å². The van der Waals surface area contributed by atoms with Gasteiger partial charge in [-0.25, -0.2) is 0 Å². The van der Waals surface area contributed by atoms with Gasteiger partial charge in [0.1, 0.15) is 0 Å². The summed E-state index contributed by atoms with van der Waals surface area (Å²) in [5, 5.41) is 9.85. The summed E-state index contributed by atoms with van der Waals surface area (Å²) in [6.45, 7) is 6.65. The number of aliphatic hydroxyl groups excluding tert-OH is 1. The standard InChI is InChI=1S/C17H27ClN2O/c1-14(16-5-3-4-6-17(16)18)19(2)13-15-7-9-20(10-8-15)11-12-21/h3-6,14-15,21H,7-13H2,1-2H3/t14-/m0/s1. The molecule has 1 saturated heterocycles. The van der Waals surface area contributed by atoms with Crippen LogP contribution in [0.15, 0.2) is 24.3 Å². The summed E-state index contributed by atoms with van der Waals surface area (Å²) in [4.78, 5) is 4.77. The van der Waals surface area contributed by atoms with Crippen molar-refractivity contribution in [3.63, 3.8) is 0 Å². The predicted octanol–water partition coefficient (Wildman–Crippen LogP) is 3.04. The van der Waals surface area contributed by atoms with E-state index in [4.69, 9.17) is 16.7 Å². The highest BCUT2D eigenvalue weighted by atomic mass is 35.5. The second-order valence-corrected chi connectivity index (χ2v) is 6.55. The van der Waals surface area contributed by atoms with Crippen LogP contribution in [0.5, 0.6) is 0 Å². The number of β-amino-alcohol motifs (C(OH)–C–C–N with tert-alkyl or cyclic N) is 1. The lowest BCUT2D eigenvalue weighted by atomic mass is 9.95. The molecular weight excluding hydrogens is 284 g/mol. The van der Waals surface area contributed by atoms with E-state index in [-0.39, 0.29) is 6.61 Å². The smallest absolute Gasteiger partial charge is 0.0558 e. The summed E-state index contributed by atoms with van der Waals surface area (Å²) < 4.78 is 0. The zero-order valence-electron chi connectivity index (χ0n) is 13.1. The van der Waals surface area contributed by atoms with Crippen molar-refractivity contribution in [2.75, 3.05) is 39.8 Å². The van der Waals surface area contributed by atoms with Gasteiger partial charge in [0.25, 0.3) is 0 Å². The second-order valence-electron chi connectivity index (χ2n) is 6.15. The molecule has 0 saturated carbocycles. The number of nitrogens with zero attached hydrogens (tertiary/aromatic N) is 2. The summed E-state index contributed by atoms with van der Waals surface area (Å²) in [5.74, 6) is 0.745. The van der Waals surface area contributed by atoms with Crippen LogP contribution in [0.25, 0.3) is 0 Å². The predicted molar refractivity (Wildman–Crippen MR) is 88.7 cm³/mol. The van der Waals surface area contributed by atoms with Gasteiger partial charge in [0.05, 0.1) is 6.61 Å². The van der Waals surface area contributed by atoms with Gasteiger partial charge in [-0.15, -0.1) is 0 Å².